The van der Waals surface area contributed by atoms with Crippen LogP contribution in [0.25, 0.3) is 16.9 Å². The van der Waals surface area contributed by atoms with Gasteiger partial charge >= 0.3 is 0 Å². The van der Waals surface area contributed by atoms with Crippen molar-refractivity contribution in [2.45, 2.75) is 19.4 Å². The molecule has 0 aliphatic carbocycles. The summed E-state index contributed by atoms with van der Waals surface area (Å²) in [6.07, 6.45) is 2.77. The van der Waals surface area contributed by atoms with Gasteiger partial charge in [-0.25, -0.2) is 9.37 Å². The quantitative estimate of drug-likeness (QED) is 0.558. The van der Waals surface area contributed by atoms with E-state index in [-0.39, 0.29) is 11.9 Å². The second-order valence-corrected chi connectivity index (χ2v) is 7.05. The Balaban J connectivity index is 1.59. The number of hydrogen-bond donors (Lipinski definition) is 1. The topological polar surface area (TPSA) is 41.7 Å². The number of nitrogens with zero attached hydrogens (tertiary/aromatic N) is 3. The minimum Gasteiger partial charge on any atom is -0.301 e. The van der Waals surface area contributed by atoms with Crippen LogP contribution >= 0.6 is 0 Å². The van der Waals surface area contributed by atoms with Gasteiger partial charge in [0.25, 0.3) is 0 Å². The molecule has 2 aromatic carbocycles. The average molecular weight is 370 g/mol. The van der Waals surface area contributed by atoms with Crippen LogP contribution in [0, 0.1) is 12.7 Å². The van der Waals surface area contributed by atoms with E-state index in [0.29, 0.717) is 6.42 Å². The van der Waals surface area contributed by atoms with Crippen LogP contribution in [0.3, 0.4) is 0 Å². The third-order valence-corrected chi connectivity index (χ3v) is 5.19. The number of rotatable bonds is 3. The van der Waals surface area contributed by atoms with Crippen molar-refractivity contribution < 1.29 is 4.39 Å². The number of hydrazone groups is 1. The molecule has 4 aromatic rings. The molecular weight excluding hydrogens is 351 g/mol. The molecule has 2 aromatic heterocycles. The number of aromatic nitrogens is 2. The van der Waals surface area contributed by atoms with Crippen molar-refractivity contribution >= 4 is 11.4 Å². The first kappa shape index (κ1) is 16.7. The van der Waals surface area contributed by atoms with Crippen molar-refractivity contribution in [1.82, 2.24) is 14.8 Å². The van der Waals surface area contributed by atoms with Crippen LogP contribution in [0.2, 0.25) is 0 Å². The maximum absolute atomic E-state index is 13.3. The fourth-order valence-electron chi connectivity index (χ4n) is 3.79. The Kier molecular flexibility index (Phi) is 3.93. The zero-order chi connectivity index (χ0) is 19.1. The Bertz CT molecular complexity index is 1180. The van der Waals surface area contributed by atoms with Crippen molar-refractivity contribution in [2.75, 3.05) is 0 Å². The Morgan fingerprint density at radius 3 is 2.54 bits per heavy atom. The molecule has 0 saturated carbocycles. The number of pyridine rings is 1. The number of hydrogen-bond acceptors (Lipinski definition) is 3. The second kappa shape index (κ2) is 6.60. The fourth-order valence-corrected chi connectivity index (χ4v) is 3.79. The van der Waals surface area contributed by atoms with Crippen LogP contribution in [-0.4, -0.2) is 15.1 Å². The molecule has 5 rings (SSSR count). The van der Waals surface area contributed by atoms with Crippen molar-refractivity contribution in [3.05, 3.63) is 95.6 Å². The number of nitrogens with one attached hydrogen (secondary N) is 1. The Hall–Kier alpha value is -3.47. The molecule has 1 atom stereocenters. The summed E-state index contributed by atoms with van der Waals surface area (Å²) in [4.78, 5) is 4.96. The highest BCUT2D eigenvalue weighted by Gasteiger charge is 2.28. The first-order valence-corrected chi connectivity index (χ1v) is 9.32. The SMILES string of the molecule is Cc1cccn2c(C3CC(c4ccc(F)cc4)=NN3)c(-c3ccccc3)nc12. The fraction of sp³-hybridized carbons (Fsp3) is 0.130. The lowest BCUT2D eigenvalue weighted by molar-refractivity contribution is 0.599. The summed E-state index contributed by atoms with van der Waals surface area (Å²) in [6, 6.07) is 20.8. The summed E-state index contributed by atoms with van der Waals surface area (Å²) in [6.45, 7) is 2.07. The van der Waals surface area contributed by atoms with E-state index in [1.165, 1.54) is 12.1 Å². The highest BCUT2D eigenvalue weighted by Crippen LogP contribution is 2.34. The summed E-state index contributed by atoms with van der Waals surface area (Å²) in [5.74, 6) is -0.240. The predicted octanol–water partition coefficient (Wildman–Crippen LogP) is 4.89. The number of aryl methyl sites for hydroxylation is 1. The smallest absolute Gasteiger partial charge is 0.140 e. The van der Waals surface area contributed by atoms with E-state index in [4.69, 9.17) is 4.98 Å². The van der Waals surface area contributed by atoms with Gasteiger partial charge in [0.15, 0.2) is 0 Å². The van der Waals surface area contributed by atoms with Gasteiger partial charge in [0.05, 0.1) is 23.1 Å². The maximum atomic E-state index is 13.3. The summed E-state index contributed by atoms with van der Waals surface area (Å²) in [5, 5.41) is 4.54. The van der Waals surface area contributed by atoms with Crippen molar-refractivity contribution in [1.29, 1.82) is 0 Å². The second-order valence-electron chi connectivity index (χ2n) is 7.05. The monoisotopic (exact) mass is 370 g/mol. The molecule has 1 aliphatic heterocycles. The minimum atomic E-state index is -0.240. The molecule has 3 heterocycles. The minimum absolute atomic E-state index is 0.00735. The highest BCUT2D eigenvalue weighted by atomic mass is 19.1. The van der Waals surface area contributed by atoms with E-state index in [1.54, 1.807) is 12.1 Å². The van der Waals surface area contributed by atoms with Gasteiger partial charge in [-0.3, -0.25) is 0 Å². The van der Waals surface area contributed by atoms with Crippen molar-refractivity contribution in [2.24, 2.45) is 5.10 Å². The number of benzene rings is 2. The van der Waals surface area contributed by atoms with E-state index in [1.807, 2.05) is 24.3 Å². The third kappa shape index (κ3) is 2.76. The van der Waals surface area contributed by atoms with Gasteiger partial charge < -0.3 is 9.83 Å². The standard InChI is InChI=1S/C23H19FN4/c1-15-6-5-13-28-22(21(25-23(15)28)17-7-3-2-4-8-17)20-14-19(26-27-20)16-9-11-18(24)12-10-16/h2-13,20,27H,14H2,1H3. The van der Waals surface area contributed by atoms with Gasteiger partial charge in [0, 0.05) is 18.2 Å². The highest BCUT2D eigenvalue weighted by molar-refractivity contribution is 6.01. The van der Waals surface area contributed by atoms with E-state index >= 15 is 0 Å². The zero-order valence-corrected chi connectivity index (χ0v) is 15.4. The predicted molar refractivity (Wildman–Crippen MR) is 109 cm³/mol. The molecule has 0 spiro atoms. The summed E-state index contributed by atoms with van der Waals surface area (Å²) < 4.78 is 15.4. The van der Waals surface area contributed by atoms with Crippen LogP contribution in [0.1, 0.15) is 29.3 Å². The number of halogens is 1. The maximum Gasteiger partial charge on any atom is 0.140 e. The lowest BCUT2D eigenvalue weighted by atomic mass is 9.99. The van der Waals surface area contributed by atoms with Crippen molar-refractivity contribution in [3.63, 3.8) is 0 Å². The van der Waals surface area contributed by atoms with Gasteiger partial charge in [-0.15, -0.1) is 0 Å². The summed E-state index contributed by atoms with van der Waals surface area (Å²) in [5.41, 5.74) is 10.3. The molecule has 5 heteroatoms. The van der Waals surface area contributed by atoms with Crippen molar-refractivity contribution in [3.8, 4) is 11.3 Å². The van der Waals surface area contributed by atoms with Crippen LogP contribution < -0.4 is 5.43 Å². The lowest BCUT2D eigenvalue weighted by Gasteiger charge is -2.13. The van der Waals surface area contributed by atoms with Crippen LogP contribution in [0.5, 0.6) is 0 Å². The normalized spacial score (nSPS) is 16.2. The zero-order valence-electron chi connectivity index (χ0n) is 15.4. The lowest BCUT2D eigenvalue weighted by Crippen LogP contribution is -2.13. The first-order chi connectivity index (χ1) is 13.7. The van der Waals surface area contributed by atoms with E-state index < -0.39 is 0 Å². The summed E-state index contributed by atoms with van der Waals surface area (Å²) in [7, 11) is 0. The van der Waals surface area contributed by atoms with E-state index in [2.05, 4.69) is 46.2 Å². The molecule has 1 unspecified atom stereocenters. The third-order valence-electron chi connectivity index (χ3n) is 5.19. The van der Waals surface area contributed by atoms with Gasteiger partial charge in [0.1, 0.15) is 11.5 Å². The van der Waals surface area contributed by atoms with Gasteiger partial charge in [-0.1, -0.05) is 48.5 Å². The van der Waals surface area contributed by atoms with E-state index in [0.717, 1.165) is 39.4 Å². The van der Waals surface area contributed by atoms with Gasteiger partial charge in [-0.05, 0) is 36.2 Å². The van der Waals surface area contributed by atoms with Gasteiger partial charge in [0.2, 0.25) is 0 Å². The largest absolute Gasteiger partial charge is 0.301 e. The molecule has 4 nitrogen and oxygen atoms in total. The molecule has 0 bridgehead atoms. The van der Waals surface area contributed by atoms with E-state index in [9.17, 15) is 4.39 Å². The Morgan fingerprint density at radius 2 is 1.75 bits per heavy atom. The molecule has 28 heavy (non-hydrogen) atoms. The molecule has 1 N–H and O–H groups in total. The number of imidazole rings is 1. The van der Waals surface area contributed by atoms with Crippen LogP contribution in [0.15, 0.2) is 78.0 Å². The molecule has 0 fully saturated rings. The summed E-state index contributed by atoms with van der Waals surface area (Å²) >= 11 is 0. The van der Waals surface area contributed by atoms with Crippen LogP contribution in [-0.2, 0) is 0 Å². The molecule has 0 saturated heterocycles. The van der Waals surface area contributed by atoms with Crippen LogP contribution in [0.4, 0.5) is 4.39 Å². The molecule has 138 valence electrons. The molecule has 0 radical (unpaired) electrons. The first-order valence-electron chi connectivity index (χ1n) is 9.32. The molecule has 0 amide bonds. The Labute approximate surface area is 162 Å². The molecular formula is C23H19FN4. The Morgan fingerprint density at radius 1 is 0.964 bits per heavy atom. The average Bonchev–Trinajstić information content (AvgIpc) is 3.35. The number of fused-ring (bicyclic) bond motifs is 1. The molecule has 1 aliphatic rings. The van der Waals surface area contributed by atoms with Gasteiger partial charge in [-0.2, -0.15) is 5.10 Å².